The van der Waals surface area contributed by atoms with Gasteiger partial charge in [-0.3, -0.25) is 0 Å². The van der Waals surface area contributed by atoms with Crippen LogP contribution in [0, 0.1) is 5.82 Å². The average Bonchev–Trinajstić information content (AvgIpc) is 2.91. The molecule has 0 atom stereocenters. The van der Waals surface area contributed by atoms with E-state index in [4.69, 9.17) is 9.15 Å². The lowest BCUT2D eigenvalue weighted by atomic mass is 10.1. The molecule has 22 heavy (non-hydrogen) atoms. The largest absolute Gasteiger partial charge is 0.464 e. The van der Waals surface area contributed by atoms with Crippen LogP contribution in [-0.2, 0) is 10.3 Å². The molecular formula is C16H14FNO4. The van der Waals surface area contributed by atoms with Crippen LogP contribution < -0.4 is 0 Å². The number of benzene rings is 1. The van der Waals surface area contributed by atoms with Gasteiger partial charge in [0.1, 0.15) is 22.8 Å². The van der Waals surface area contributed by atoms with Gasteiger partial charge in [0.25, 0.3) is 0 Å². The zero-order valence-corrected chi connectivity index (χ0v) is 12.3. The normalized spacial score (nSPS) is 12.0. The van der Waals surface area contributed by atoms with Crippen LogP contribution in [0.15, 0.2) is 28.7 Å². The lowest BCUT2D eigenvalue weighted by Gasteiger charge is -2.12. The van der Waals surface area contributed by atoms with E-state index in [1.54, 1.807) is 13.8 Å². The second-order valence-electron chi connectivity index (χ2n) is 5.53. The Morgan fingerprint density at radius 2 is 2.05 bits per heavy atom. The first-order valence-corrected chi connectivity index (χ1v) is 6.65. The fraction of sp³-hybridized carbons (Fsp3) is 0.250. The predicted octanol–water partition coefficient (Wildman–Crippen LogP) is 3.13. The number of halogens is 1. The zero-order valence-electron chi connectivity index (χ0n) is 12.3. The van der Waals surface area contributed by atoms with Gasteiger partial charge in [0.2, 0.25) is 0 Å². The number of ether oxygens (including phenoxy) is 1. The number of hydrogen-bond acceptors (Lipinski definition) is 5. The molecule has 0 spiro atoms. The average molecular weight is 303 g/mol. The molecule has 0 fully saturated rings. The fourth-order valence-electron chi connectivity index (χ4n) is 2.29. The van der Waals surface area contributed by atoms with Crippen LogP contribution in [0.4, 0.5) is 4.39 Å². The van der Waals surface area contributed by atoms with E-state index < -0.39 is 17.4 Å². The Kier molecular flexibility index (Phi) is 3.14. The van der Waals surface area contributed by atoms with E-state index in [1.807, 2.05) is 0 Å². The molecule has 114 valence electrons. The van der Waals surface area contributed by atoms with Gasteiger partial charge in [0, 0.05) is 5.39 Å². The smallest absolute Gasteiger partial charge is 0.357 e. The molecule has 0 saturated carbocycles. The summed E-state index contributed by atoms with van der Waals surface area (Å²) in [5.74, 6) is -0.812. The standard InChI is InChI=1S/C16H14FNO4/c1-16(2,20)12-7-10-13(15(19)21-3)18-11-5-4-8(17)6-9(11)14(10)22-12/h4-7,20H,1-3H3. The van der Waals surface area contributed by atoms with Gasteiger partial charge in [0.15, 0.2) is 5.69 Å². The van der Waals surface area contributed by atoms with Crippen LogP contribution in [0.25, 0.3) is 21.9 Å². The molecule has 1 aromatic carbocycles. The van der Waals surface area contributed by atoms with E-state index in [0.717, 1.165) is 0 Å². The number of carbonyl (C=O) groups is 1. The number of nitrogens with zero attached hydrogens (tertiary/aromatic N) is 1. The van der Waals surface area contributed by atoms with Crippen molar-refractivity contribution in [2.45, 2.75) is 19.4 Å². The number of esters is 1. The molecular weight excluding hydrogens is 289 g/mol. The Morgan fingerprint density at radius 1 is 1.32 bits per heavy atom. The molecule has 0 radical (unpaired) electrons. The van der Waals surface area contributed by atoms with Crippen LogP contribution in [0.1, 0.15) is 30.1 Å². The van der Waals surface area contributed by atoms with Crippen molar-refractivity contribution in [2.75, 3.05) is 7.11 Å². The van der Waals surface area contributed by atoms with Crippen molar-refractivity contribution in [2.24, 2.45) is 0 Å². The minimum absolute atomic E-state index is 0.0656. The van der Waals surface area contributed by atoms with Crippen LogP contribution >= 0.6 is 0 Å². The third-order valence-electron chi connectivity index (χ3n) is 3.40. The maximum atomic E-state index is 13.5. The highest BCUT2D eigenvalue weighted by molar-refractivity contribution is 6.11. The second kappa shape index (κ2) is 4.78. The molecule has 3 aromatic rings. The van der Waals surface area contributed by atoms with Gasteiger partial charge in [-0.25, -0.2) is 14.2 Å². The van der Waals surface area contributed by atoms with E-state index in [2.05, 4.69) is 4.98 Å². The Morgan fingerprint density at radius 3 is 2.68 bits per heavy atom. The number of hydrogen-bond donors (Lipinski definition) is 1. The van der Waals surface area contributed by atoms with Crippen molar-refractivity contribution in [3.8, 4) is 0 Å². The summed E-state index contributed by atoms with van der Waals surface area (Å²) in [7, 11) is 1.25. The molecule has 0 aliphatic carbocycles. The van der Waals surface area contributed by atoms with Gasteiger partial charge >= 0.3 is 5.97 Å². The van der Waals surface area contributed by atoms with E-state index in [-0.39, 0.29) is 11.5 Å². The van der Waals surface area contributed by atoms with Gasteiger partial charge in [-0.15, -0.1) is 0 Å². The number of rotatable bonds is 2. The fourth-order valence-corrected chi connectivity index (χ4v) is 2.29. The van der Waals surface area contributed by atoms with E-state index in [9.17, 15) is 14.3 Å². The monoisotopic (exact) mass is 303 g/mol. The zero-order chi connectivity index (χ0) is 16.1. The molecule has 5 nitrogen and oxygen atoms in total. The number of aliphatic hydroxyl groups is 1. The summed E-state index contributed by atoms with van der Waals surface area (Å²) >= 11 is 0. The van der Waals surface area contributed by atoms with Gasteiger partial charge in [0.05, 0.1) is 18.0 Å². The molecule has 1 N–H and O–H groups in total. The molecule has 0 aliphatic heterocycles. The van der Waals surface area contributed by atoms with Crippen molar-refractivity contribution in [1.82, 2.24) is 4.98 Å². The third-order valence-corrected chi connectivity index (χ3v) is 3.40. The Balaban J connectivity index is 2.46. The van der Waals surface area contributed by atoms with Gasteiger partial charge in [-0.2, -0.15) is 0 Å². The Hall–Kier alpha value is -2.47. The Labute approximate surface area is 125 Å². The summed E-state index contributed by atoms with van der Waals surface area (Å²) in [5.41, 5.74) is -0.477. The Bertz CT molecular complexity index is 892. The molecule has 0 aliphatic rings. The quantitative estimate of drug-likeness (QED) is 0.736. The molecule has 2 heterocycles. The number of pyridine rings is 1. The van der Waals surface area contributed by atoms with Crippen molar-refractivity contribution < 1.29 is 23.4 Å². The van der Waals surface area contributed by atoms with Gasteiger partial charge < -0.3 is 14.3 Å². The maximum absolute atomic E-state index is 13.5. The third kappa shape index (κ3) is 2.21. The van der Waals surface area contributed by atoms with Crippen LogP contribution in [0.5, 0.6) is 0 Å². The topological polar surface area (TPSA) is 72.6 Å². The van der Waals surface area contributed by atoms with Gasteiger partial charge in [-0.1, -0.05) is 0 Å². The highest BCUT2D eigenvalue weighted by Crippen LogP contribution is 2.34. The molecule has 6 heteroatoms. The number of methoxy groups -OCH3 is 1. The number of carbonyl (C=O) groups excluding carboxylic acids is 1. The summed E-state index contributed by atoms with van der Waals surface area (Å²) in [5, 5.41) is 10.9. The van der Waals surface area contributed by atoms with Crippen LogP contribution in [-0.4, -0.2) is 23.2 Å². The minimum atomic E-state index is -1.24. The first-order chi connectivity index (χ1) is 10.3. The van der Waals surface area contributed by atoms with Crippen molar-refractivity contribution >= 4 is 27.8 Å². The summed E-state index contributed by atoms with van der Waals surface area (Å²) in [6.45, 7) is 3.11. The first-order valence-electron chi connectivity index (χ1n) is 6.65. The summed E-state index contributed by atoms with van der Waals surface area (Å²) in [6, 6.07) is 5.52. The van der Waals surface area contributed by atoms with Crippen molar-refractivity contribution in [1.29, 1.82) is 0 Å². The maximum Gasteiger partial charge on any atom is 0.357 e. The molecule has 2 aromatic heterocycles. The lowest BCUT2D eigenvalue weighted by Crippen LogP contribution is -2.13. The number of furan rings is 1. The van der Waals surface area contributed by atoms with E-state index in [1.165, 1.54) is 31.4 Å². The van der Waals surface area contributed by atoms with E-state index >= 15 is 0 Å². The summed E-state index contributed by atoms with van der Waals surface area (Å²) in [6.07, 6.45) is 0. The van der Waals surface area contributed by atoms with E-state index in [0.29, 0.717) is 21.9 Å². The molecule has 0 unspecified atom stereocenters. The number of fused-ring (bicyclic) bond motifs is 3. The molecule has 0 saturated heterocycles. The van der Waals surface area contributed by atoms with Gasteiger partial charge in [-0.05, 0) is 38.1 Å². The number of aromatic nitrogens is 1. The first kappa shape index (κ1) is 14.5. The summed E-state index contributed by atoms with van der Waals surface area (Å²) in [4.78, 5) is 16.2. The lowest BCUT2D eigenvalue weighted by molar-refractivity contribution is 0.0558. The van der Waals surface area contributed by atoms with Crippen molar-refractivity contribution in [3.63, 3.8) is 0 Å². The molecule has 0 bridgehead atoms. The second-order valence-corrected chi connectivity index (χ2v) is 5.53. The predicted molar refractivity (Wildman–Crippen MR) is 78.1 cm³/mol. The van der Waals surface area contributed by atoms with Crippen LogP contribution in [0.2, 0.25) is 0 Å². The molecule has 0 amide bonds. The SMILES string of the molecule is COC(=O)c1nc2ccc(F)cc2c2oc(C(C)(C)O)cc12. The minimum Gasteiger partial charge on any atom is -0.464 e. The molecule has 3 rings (SSSR count). The highest BCUT2D eigenvalue weighted by Gasteiger charge is 2.25. The highest BCUT2D eigenvalue weighted by atomic mass is 19.1. The summed E-state index contributed by atoms with van der Waals surface area (Å²) < 4.78 is 23.9. The van der Waals surface area contributed by atoms with Crippen LogP contribution in [0.3, 0.4) is 0 Å². The van der Waals surface area contributed by atoms with Crippen molar-refractivity contribution in [3.05, 3.63) is 41.5 Å².